The summed E-state index contributed by atoms with van der Waals surface area (Å²) in [6.45, 7) is 0.833. The van der Waals surface area contributed by atoms with Crippen molar-refractivity contribution in [3.05, 3.63) is 64.6 Å². The zero-order valence-electron chi connectivity index (χ0n) is 11.9. The van der Waals surface area contributed by atoms with E-state index in [1.54, 1.807) is 12.1 Å². The normalized spacial score (nSPS) is 11.0. The highest BCUT2D eigenvalue weighted by atomic mass is 79.9. The summed E-state index contributed by atoms with van der Waals surface area (Å²) in [6.07, 6.45) is 0. The first-order valence-electron chi connectivity index (χ1n) is 6.81. The minimum atomic E-state index is -0.128. The molecule has 2 aromatic carbocycles. The number of benzene rings is 2. The Morgan fingerprint density at radius 1 is 1.09 bits per heavy atom. The van der Waals surface area contributed by atoms with Crippen LogP contribution in [-0.2, 0) is 0 Å². The molecule has 6 heteroatoms. The maximum absolute atomic E-state index is 11.9. The molecule has 0 heterocycles. The van der Waals surface area contributed by atoms with Gasteiger partial charge in [-0.25, -0.2) is 0 Å². The average molecular weight is 361 g/mol. The number of nitrogens with zero attached hydrogens (tertiary/aromatic N) is 1. The highest BCUT2D eigenvalue weighted by molar-refractivity contribution is 9.10. The Morgan fingerprint density at radius 2 is 1.77 bits per heavy atom. The lowest BCUT2D eigenvalue weighted by Crippen LogP contribution is -2.28. The third-order valence-electron chi connectivity index (χ3n) is 2.83. The summed E-state index contributed by atoms with van der Waals surface area (Å²) in [6, 6.07) is 16.7. The number of para-hydroxylation sites is 1. The maximum atomic E-state index is 11.9. The molecular weight excluding hydrogens is 344 g/mol. The van der Waals surface area contributed by atoms with Gasteiger partial charge in [-0.3, -0.25) is 9.79 Å². The first kappa shape index (κ1) is 16.0. The lowest BCUT2D eigenvalue weighted by molar-refractivity contribution is 0.0955. The SMILES string of the molecule is NC(=NCCNC(=O)c1ccc(Br)cc1)Nc1ccccc1. The van der Waals surface area contributed by atoms with Gasteiger partial charge in [0.2, 0.25) is 0 Å². The van der Waals surface area contributed by atoms with Crippen molar-refractivity contribution in [3.63, 3.8) is 0 Å². The molecule has 2 aromatic rings. The summed E-state index contributed by atoms with van der Waals surface area (Å²) in [5, 5.41) is 5.77. The second kappa shape index (κ2) is 8.19. The van der Waals surface area contributed by atoms with Gasteiger partial charge in [0.1, 0.15) is 0 Å². The van der Waals surface area contributed by atoms with E-state index in [-0.39, 0.29) is 5.91 Å². The number of halogens is 1. The fourth-order valence-corrected chi connectivity index (χ4v) is 2.02. The minimum Gasteiger partial charge on any atom is -0.370 e. The molecule has 0 atom stereocenters. The molecule has 114 valence electrons. The highest BCUT2D eigenvalue weighted by Gasteiger charge is 2.03. The molecule has 0 spiro atoms. The summed E-state index contributed by atoms with van der Waals surface area (Å²) in [4.78, 5) is 16.0. The second-order valence-electron chi connectivity index (χ2n) is 4.52. The maximum Gasteiger partial charge on any atom is 0.251 e. The molecule has 4 N–H and O–H groups in total. The van der Waals surface area contributed by atoms with Crippen molar-refractivity contribution >= 4 is 33.5 Å². The number of nitrogens with two attached hydrogens (primary N) is 1. The molecular formula is C16H17BrN4O. The van der Waals surface area contributed by atoms with E-state index in [0.717, 1.165) is 10.2 Å². The van der Waals surface area contributed by atoms with Gasteiger partial charge in [-0.1, -0.05) is 34.1 Å². The number of hydrogen-bond donors (Lipinski definition) is 3. The van der Waals surface area contributed by atoms with Crippen molar-refractivity contribution in [2.24, 2.45) is 10.7 Å². The van der Waals surface area contributed by atoms with E-state index in [2.05, 4.69) is 31.6 Å². The third-order valence-corrected chi connectivity index (χ3v) is 3.36. The van der Waals surface area contributed by atoms with Crippen LogP contribution in [-0.4, -0.2) is 25.0 Å². The molecule has 22 heavy (non-hydrogen) atoms. The molecule has 1 amide bonds. The molecule has 2 rings (SSSR count). The Labute approximate surface area is 137 Å². The first-order valence-corrected chi connectivity index (χ1v) is 7.60. The molecule has 0 saturated carbocycles. The van der Waals surface area contributed by atoms with E-state index >= 15 is 0 Å². The van der Waals surface area contributed by atoms with E-state index < -0.39 is 0 Å². The fourth-order valence-electron chi connectivity index (χ4n) is 1.76. The van der Waals surface area contributed by atoms with Crippen LogP contribution in [0.5, 0.6) is 0 Å². The number of anilines is 1. The summed E-state index contributed by atoms with van der Waals surface area (Å²) < 4.78 is 0.938. The highest BCUT2D eigenvalue weighted by Crippen LogP contribution is 2.10. The summed E-state index contributed by atoms with van der Waals surface area (Å²) >= 11 is 3.33. The van der Waals surface area contributed by atoms with Crippen LogP contribution < -0.4 is 16.4 Å². The molecule has 0 unspecified atom stereocenters. The Balaban J connectivity index is 1.75. The Morgan fingerprint density at radius 3 is 2.45 bits per heavy atom. The molecule has 0 bridgehead atoms. The number of nitrogens with one attached hydrogen (secondary N) is 2. The number of hydrogen-bond acceptors (Lipinski definition) is 2. The van der Waals surface area contributed by atoms with E-state index in [4.69, 9.17) is 5.73 Å². The van der Waals surface area contributed by atoms with Crippen LogP contribution in [0.25, 0.3) is 0 Å². The van der Waals surface area contributed by atoms with Crippen LogP contribution >= 0.6 is 15.9 Å². The van der Waals surface area contributed by atoms with Gasteiger partial charge >= 0.3 is 0 Å². The fraction of sp³-hybridized carbons (Fsp3) is 0.125. The number of guanidine groups is 1. The predicted molar refractivity (Wildman–Crippen MR) is 93.0 cm³/mol. The second-order valence-corrected chi connectivity index (χ2v) is 5.44. The number of amides is 1. The Kier molecular flexibility index (Phi) is 5.97. The van der Waals surface area contributed by atoms with Gasteiger partial charge in [-0.05, 0) is 36.4 Å². The Bertz CT molecular complexity index is 641. The van der Waals surface area contributed by atoms with Gasteiger partial charge < -0.3 is 16.4 Å². The number of carbonyl (C=O) groups is 1. The van der Waals surface area contributed by atoms with Crippen LogP contribution in [0.2, 0.25) is 0 Å². The van der Waals surface area contributed by atoms with Gasteiger partial charge in [0.15, 0.2) is 5.96 Å². The Hall–Kier alpha value is -2.34. The van der Waals surface area contributed by atoms with Crippen molar-refractivity contribution in [2.75, 3.05) is 18.4 Å². The summed E-state index contributed by atoms with van der Waals surface area (Å²) in [7, 11) is 0. The number of carbonyl (C=O) groups excluding carboxylic acids is 1. The lowest BCUT2D eigenvalue weighted by atomic mass is 10.2. The van der Waals surface area contributed by atoms with E-state index in [1.165, 1.54) is 0 Å². The lowest BCUT2D eigenvalue weighted by Gasteiger charge is -2.06. The van der Waals surface area contributed by atoms with Crippen LogP contribution in [0.15, 0.2) is 64.1 Å². The van der Waals surface area contributed by atoms with E-state index in [9.17, 15) is 4.79 Å². The van der Waals surface area contributed by atoms with Gasteiger partial charge in [-0.15, -0.1) is 0 Å². The van der Waals surface area contributed by atoms with Gasteiger partial charge in [-0.2, -0.15) is 0 Å². The number of aliphatic imine (C=N–C) groups is 1. The molecule has 5 nitrogen and oxygen atoms in total. The van der Waals surface area contributed by atoms with Gasteiger partial charge in [0.25, 0.3) is 5.91 Å². The van der Waals surface area contributed by atoms with E-state index in [0.29, 0.717) is 24.6 Å². The zero-order valence-corrected chi connectivity index (χ0v) is 13.5. The molecule has 0 fully saturated rings. The van der Waals surface area contributed by atoms with Crippen molar-refractivity contribution in [1.29, 1.82) is 0 Å². The molecule has 0 aliphatic heterocycles. The zero-order chi connectivity index (χ0) is 15.8. The molecule has 0 radical (unpaired) electrons. The monoisotopic (exact) mass is 360 g/mol. The predicted octanol–water partition coefficient (Wildman–Crippen LogP) is 2.61. The van der Waals surface area contributed by atoms with Crippen molar-refractivity contribution in [3.8, 4) is 0 Å². The quantitative estimate of drug-likeness (QED) is 0.435. The van der Waals surface area contributed by atoms with Crippen molar-refractivity contribution in [1.82, 2.24) is 5.32 Å². The van der Waals surface area contributed by atoms with E-state index in [1.807, 2.05) is 42.5 Å². The topological polar surface area (TPSA) is 79.5 Å². The third kappa shape index (κ3) is 5.21. The van der Waals surface area contributed by atoms with Crippen LogP contribution in [0.4, 0.5) is 5.69 Å². The van der Waals surface area contributed by atoms with Crippen LogP contribution in [0, 0.1) is 0 Å². The number of rotatable bonds is 5. The summed E-state index contributed by atoms with van der Waals surface area (Å²) in [5.74, 6) is 0.196. The van der Waals surface area contributed by atoms with Crippen molar-refractivity contribution < 1.29 is 4.79 Å². The smallest absolute Gasteiger partial charge is 0.251 e. The van der Waals surface area contributed by atoms with Crippen LogP contribution in [0.3, 0.4) is 0 Å². The molecule has 0 saturated heterocycles. The molecule has 0 aliphatic carbocycles. The average Bonchev–Trinajstić information content (AvgIpc) is 2.53. The van der Waals surface area contributed by atoms with Crippen molar-refractivity contribution in [2.45, 2.75) is 0 Å². The van der Waals surface area contributed by atoms with Gasteiger partial charge in [0.05, 0.1) is 6.54 Å². The van der Waals surface area contributed by atoms with Gasteiger partial charge in [0, 0.05) is 22.3 Å². The molecule has 0 aromatic heterocycles. The molecule has 0 aliphatic rings. The first-order chi connectivity index (χ1) is 10.6. The standard InChI is InChI=1S/C16H17BrN4O/c17-13-8-6-12(7-9-13)15(22)19-10-11-20-16(18)21-14-4-2-1-3-5-14/h1-9H,10-11H2,(H,19,22)(H3,18,20,21). The largest absolute Gasteiger partial charge is 0.370 e. The minimum absolute atomic E-state index is 0.128. The van der Waals surface area contributed by atoms with Crippen LogP contribution in [0.1, 0.15) is 10.4 Å². The summed E-state index contributed by atoms with van der Waals surface area (Å²) in [5.41, 5.74) is 7.26.